The molecule has 1 aliphatic carbocycles. The van der Waals surface area contributed by atoms with Crippen molar-refractivity contribution in [2.75, 3.05) is 0 Å². The topological polar surface area (TPSA) is 31.0 Å². The molecule has 1 fully saturated rings. The van der Waals surface area contributed by atoms with Crippen molar-refractivity contribution in [2.24, 2.45) is 5.41 Å². The molecule has 0 radical (unpaired) electrons. The summed E-state index contributed by atoms with van der Waals surface area (Å²) in [5.41, 5.74) is 9.95. The highest BCUT2D eigenvalue weighted by Crippen LogP contribution is 2.46. The quantitative estimate of drug-likeness (QED) is 0.173. The maximum absolute atomic E-state index is 9.78. The molecule has 2 heterocycles. The number of aromatic nitrogens is 2. The average molecular weight is 656 g/mol. The van der Waals surface area contributed by atoms with Gasteiger partial charge in [0.1, 0.15) is 17.0 Å². The van der Waals surface area contributed by atoms with Crippen LogP contribution in [-0.2, 0) is 0 Å². The summed E-state index contributed by atoms with van der Waals surface area (Å²) in [5.74, 6) is 0.807. The molecule has 0 amide bonds. The first-order valence-corrected chi connectivity index (χ1v) is 18.4. The van der Waals surface area contributed by atoms with Crippen LogP contribution in [0.2, 0.25) is 0 Å². The number of rotatable bonds is 5. The van der Waals surface area contributed by atoms with Crippen molar-refractivity contribution < 1.29 is 5.79 Å². The molecule has 0 atom stereocenters. The van der Waals surface area contributed by atoms with Crippen LogP contribution in [0, 0.1) is 5.41 Å². The fraction of sp³-hybridized carbons (Fsp3) is 0.298. The molecule has 1 aliphatic rings. The fourth-order valence-corrected chi connectivity index (χ4v) is 8.45. The number of nitrogens with zero attached hydrogens (tertiary/aromatic N) is 2. The van der Waals surface area contributed by atoms with Crippen LogP contribution in [0.25, 0.3) is 71.6 Å². The summed E-state index contributed by atoms with van der Waals surface area (Å²) in [6.45, 7) is 13.9. The minimum atomic E-state index is -0.574. The first kappa shape index (κ1) is 30.0. The van der Waals surface area contributed by atoms with E-state index in [1.54, 1.807) is 0 Å². The zero-order chi connectivity index (χ0) is 35.2. The van der Waals surface area contributed by atoms with E-state index in [1.807, 2.05) is 0 Å². The van der Waals surface area contributed by atoms with E-state index in [0.29, 0.717) is 5.41 Å². The van der Waals surface area contributed by atoms with Crippen molar-refractivity contribution in [1.29, 1.82) is 0 Å². The Kier molecular flexibility index (Phi) is 6.95. The van der Waals surface area contributed by atoms with Gasteiger partial charge in [-0.05, 0) is 117 Å². The normalized spacial score (nSPS) is 16.4. The molecule has 0 unspecified atom stereocenters. The standard InChI is InChI=1S/C47H46N2O/c1-28(2)37-25-33(30-20-22-47(5,6)23-21-30)26-38(29(3)4)44(37)49-42-17-10-9-16-41(42)48-46(49)36-15-11-14-35-40-24-32-19-18-31-12-7-8-13-34(31)39(32)27-43(40)50-45(35)36/h7-19,24-30H,20-23H2,1-6H3/i30D. The highest BCUT2D eigenvalue weighted by atomic mass is 16.3. The van der Waals surface area contributed by atoms with Gasteiger partial charge in [0.15, 0.2) is 0 Å². The number of para-hydroxylation sites is 3. The molecular weight excluding hydrogens is 609 g/mol. The zero-order valence-corrected chi connectivity index (χ0v) is 30.1. The van der Waals surface area contributed by atoms with E-state index in [4.69, 9.17) is 9.40 Å². The Morgan fingerprint density at radius 2 is 1.40 bits per heavy atom. The summed E-state index contributed by atoms with van der Waals surface area (Å²) in [6.07, 6.45) is 3.95. The lowest BCUT2D eigenvalue weighted by molar-refractivity contribution is 0.224. The van der Waals surface area contributed by atoms with Gasteiger partial charge in [0.05, 0.1) is 22.3 Å². The van der Waals surface area contributed by atoms with E-state index < -0.39 is 5.89 Å². The third-order valence-electron chi connectivity index (χ3n) is 11.4. The average Bonchev–Trinajstić information content (AvgIpc) is 3.69. The summed E-state index contributed by atoms with van der Waals surface area (Å²) in [7, 11) is 0. The Bertz CT molecular complexity index is 2610. The van der Waals surface area contributed by atoms with Gasteiger partial charge in [-0.2, -0.15) is 0 Å². The first-order valence-electron chi connectivity index (χ1n) is 18.9. The highest BCUT2D eigenvalue weighted by Gasteiger charge is 2.30. The van der Waals surface area contributed by atoms with E-state index in [1.165, 1.54) is 43.9 Å². The molecule has 50 heavy (non-hydrogen) atoms. The summed E-state index contributed by atoms with van der Waals surface area (Å²) < 4.78 is 19.1. The molecular formula is C47H46N2O. The van der Waals surface area contributed by atoms with Crippen LogP contribution in [0.1, 0.15) is 103 Å². The van der Waals surface area contributed by atoms with Gasteiger partial charge in [0.2, 0.25) is 0 Å². The van der Waals surface area contributed by atoms with Gasteiger partial charge in [0, 0.05) is 12.1 Å². The molecule has 0 aliphatic heterocycles. The molecule has 0 spiro atoms. The minimum Gasteiger partial charge on any atom is -0.455 e. The monoisotopic (exact) mass is 655 g/mol. The Balaban J connectivity index is 1.31. The van der Waals surface area contributed by atoms with Gasteiger partial charge in [-0.1, -0.05) is 114 Å². The Labute approximate surface area is 296 Å². The fourth-order valence-electron chi connectivity index (χ4n) is 8.45. The third-order valence-corrected chi connectivity index (χ3v) is 11.4. The molecule has 1 saturated carbocycles. The van der Waals surface area contributed by atoms with Crippen molar-refractivity contribution in [3.63, 3.8) is 0 Å². The zero-order valence-electron chi connectivity index (χ0n) is 31.1. The van der Waals surface area contributed by atoms with E-state index in [0.717, 1.165) is 70.0 Å². The van der Waals surface area contributed by atoms with Crippen molar-refractivity contribution in [3.8, 4) is 17.1 Å². The van der Waals surface area contributed by atoms with Crippen molar-refractivity contribution >= 4 is 54.5 Å². The predicted octanol–water partition coefficient (Wildman–Crippen LogP) is 13.8. The van der Waals surface area contributed by atoms with Crippen molar-refractivity contribution in [1.82, 2.24) is 9.55 Å². The van der Waals surface area contributed by atoms with Gasteiger partial charge in [-0.15, -0.1) is 0 Å². The predicted molar refractivity (Wildman–Crippen MR) is 212 cm³/mol. The molecule has 8 aromatic rings. The second-order valence-electron chi connectivity index (χ2n) is 16.0. The Morgan fingerprint density at radius 1 is 0.720 bits per heavy atom. The SMILES string of the molecule is [2H]C1(c2cc(C(C)C)c(-n3c(-c4cccc5c4oc4cc6c(ccc7ccccc76)cc45)nc4ccccc43)c(C(C)C)c2)CCC(C)(C)CC1. The summed E-state index contributed by atoms with van der Waals surface area (Å²) in [4.78, 5) is 5.38. The van der Waals surface area contributed by atoms with Gasteiger partial charge < -0.3 is 4.42 Å². The molecule has 3 heteroatoms. The molecule has 0 bridgehead atoms. The van der Waals surface area contributed by atoms with Crippen LogP contribution in [0.5, 0.6) is 0 Å². The van der Waals surface area contributed by atoms with Crippen LogP contribution >= 0.6 is 0 Å². The number of hydrogen-bond acceptors (Lipinski definition) is 2. The van der Waals surface area contributed by atoms with Crippen molar-refractivity contribution in [3.05, 3.63) is 120 Å². The molecule has 2 aromatic heterocycles. The number of imidazole rings is 1. The lowest BCUT2D eigenvalue weighted by Crippen LogP contribution is -2.21. The van der Waals surface area contributed by atoms with E-state index >= 15 is 0 Å². The molecule has 6 aromatic carbocycles. The third kappa shape index (κ3) is 4.96. The molecule has 250 valence electrons. The largest absolute Gasteiger partial charge is 0.455 e. The number of fused-ring (bicyclic) bond motifs is 7. The van der Waals surface area contributed by atoms with E-state index in [-0.39, 0.29) is 11.8 Å². The summed E-state index contributed by atoms with van der Waals surface area (Å²) in [6, 6.07) is 37.2. The summed E-state index contributed by atoms with van der Waals surface area (Å²) >= 11 is 0. The van der Waals surface area contributed by atoms with Crippen LogP contribution in [0.4, 0.5) is 0 Å². The number of hydrogen-bond donors (Lipinski definition) is 0. The van der Waals surface area contributed by atoms with Gasteiger partial charge in [-0.3, -0.25) is 4.57 Å². The Morgan fingerprint density at radius 3 is 2.16 bits per heavy atom. The molecule has 0 saturated heterocycles. The highest BCUT2D eigenvalue weighted by molar-refractivity contribution is 6.17. The van der Waals surface area contributed by atoms with Gasteiger partial charge in [-0.25, -0.2) is 4.98 Å². The molecule has 9 rings (SSSR count). The number of benzene rings is 6. The lowest BCUT2D eigenvalue weighted by atomic mass is 9.70. The smallest absolute Gasteiger partial charge is 0.149 e. The van der Waals surface area contributed by atoms with E-state index in [9.17, 15) is 1.37 Å². The van der Waals surface area contributed by atoms with Crippen LogP contribution in [0.15, 0.2) is 108 Å². The summed E-state index contributed by atoms with van der Waals surface area (Å²) in [5, 5.41) is 7.08. The number of furan rings is 1. The van der Waals surface area contributed by atoms with Crippen molar-refractivity contribution in [2.45, 2.75) is 85.0 Å². The van der Waals surface area contributed by atoms with E-state index in [2.05, 4.69) is 149 Å². The van der Waals surface area contributed by atoms with Crippen LogP contribution in [0.3, 0.4) is 0 Å². The minimum absolute atomic E-state index is 0.249. The second kappa shape index (κ2) is 11.6. The van der Waals surface area contributed by atoms with Crippen LogP contribution in [-0.4, -0.2) is 9.55 Å². The maximum Gasteiger partial charge on any atom is 0.149 e. The lowest BCUT2D eigenvalue weighted by Gasteiger charge is -2.35. The molecule has 0 N–H and O–H groups in total. The second-order valence-corrected chi connectivity index (χ2v) is 16.0. The van der Waals surface area contributed by atoms with Crippen LogP contribution < -0.4 is 0 Å². The molecule has 3 nitrogen and oxygen atoms in total. The first-order chi connectivity index (χ1) is 24.5. The van der Waals surface area contributed by atoms with Gasteiger partial charge in [0.25, 0.3) is 0 Å². The van der Waals surface area contributed by atoms with Gasteiger partial charge >= 0.3 is 0 Å². The maximum atomic E-state index is 9.78. The Hall–Kier alpha value is -4.89.